The second-order valence-corrected chi connectivity index (χ2v) is 14.3. The number of allylic oxidation sites excluding steroid dienone is 4. The minimum absolute atomic E-state index is 0.293. The molecule has 0 aliphatic heterocycles. The van der Waals surface area contributed by atoms with Crippen LogP contribution in [-0.2, 0) is 0 Å². The van der Waals surface area contributed by atoms with Crippen LogP contribution >= 0.6 is 11.3 Å². The molecule has 0 N–H and O–H groups in total. The number of unbranched alkanes of at least 4 members (excludes halogenated alkanes) is 7. The molecule has 0 atom stereocenters. The monoisotopic (exact) mass is 592 g/mol. The Bertz CT molecular complexity index is 1470. The molecule has 0 bridgehead atoms. The van der Waals surface area contributed by atoms with Gasteiger partial charge in [0.2, 0.25) is 0 Å². The van der Waals surface area contributed by atoms with Gasteiger partial charge in [-0.1, -0.05) is 13.3 Å². The van der Waals surface area contributed by atoms with Crippen molar-refractivity contribution in [3.05, 3.63) is 75.2 Å². The Labute approximate surface area is 223 Å². The first kappa shape index (κ1) is 23.5. The summed E-state index contributed by atoms with van der Waals surface area (Å²) in [5.74, 6) is 0. The van der Waals surface area contributed by atoms with Crippen molar-refractivity contribution in [1.82, 2.24) is 0 Å². The summed E-state index contributed by atoms with van der Waals surface area (Å²) in [4.78, 5) is 0. The maximum absolute atomic E-state index is 2.52. The van der Waals surface area contributed by atoms with Gasteiger partial charge in [-0.25, -0.2) is 0 Å². The average molecular weight is 590 g/mol. The van der Waals surface area contributed by atoms with E-state index >= 15 is 0 Å². The maximum atomic E-state index is 2.52. The van der Waals surface area contributed by atoms with Crippen LogP contribution < -0.4 is 0 Å². The van der Waals surface area contributed by atoms with E-state index in [9.17, 15) is 0 Å². The molecule has 2 aromatic heterocycles. The Morgan fingerprint density at radius 1 is 0.686 bits per heavy atom. The van der Waals surface area contributed by atoms with E-state index in [1.54, 1.807) is 18.1 Å². The molecular weight excluding hydrogens is 556 g/mol. The molecule has 0 radical (unpaired) electrons. The SMILES string of the molecule is CCCCCCCCCCC1=CC=C(c2cc3cc4cc5cc6ccsc6cc5cc4cc3[te]2)C1. The molecule has 0 spiro atoms. The van der Waals surface area contributed by atoms with Gasteiger partial charge in [0.15, 0.2) is 0 Å². The molecule has 0 amide bonds. The van der Waals surface area contributed by atoms with Gasteiger partial charge < -0.3 is 0 Å². The van der Waals surface area contributed by atoms with Crippen molar-refractivity contribution in [3.63, 3.8) is 0 Å². The normalized spacial score (nSPS) is 14.0. The van der Waals surface area contributed by atoms with Gasteiger partial charge >= 0.3 is 211 Å². The van der Waals surface area contributed by atoms with Crippen LogP contribution in [0.15, 0.2) is 71.6 Å². The zero-order chi connectivity index (χ0) is 23.6. The summed E-state index contributed by atoms with van der Waals surface area (Å²) in [6.45, 7) is 2.30. The minimum atomic E-state index is -0.293. The average Bonchev–Trinajstić information content (AvgIpc) is 3.60. The fraction of sp³-hybridized carbons (Fsp3) is 0.333. The summed E-state index contributed by atoms with van der Waals surface area (Å²) in [7, 11) is 0. The molecule has 0 fully saturated rings. The van der Waals surface area contributed by atoms with Crippen molar-refractivity contribution in [2.24, 2.45) is 0 Å². The Morgan fingerprint density at radius 2 is 1.37 bits per heavy atom. The zero-order valence-corrected chi connectivity index (χ0v) is 23.9. The van der Waals surface area contributed by atoms with Crippen molar-refractivity contribution >= 4 is 77.8 Å². The van der Waals surface area contributed by atoms with Gasteiger partial charge in [-0.3, -0.25) is 0 Å². The molecule has 5 aromatic rings. The van der Waals surface area contributed by atoms with Gasteiger partial charge in [-0.15, -0.1) is 0 Å². The summed E-state index contributed by atoms with van der Waals surface area (Å²) >= 11 is 1.55. The van der Waals surface area contributed by atoms with E-state index in [0.29, 0.717) is 0 Å². The first-order valence-electron chi connectivity index (χ1n) is 13.4. The van der Waals surface area contributed by atoms with Crippen molar-refractivity contribution < 1.29 is 0 Å². The van der Waals surface area contributed by atoms with E-state index in [-0.39, 0.29) is 20.4 Å². The van der Waals surface area contributed by atoms with Gasteiger partial charge in [-0.05, 0) is 0 Å². The molecule has 0 saturated heterocycles. The molecule has 0 saturated carbocycles. The quantitative estimate of drug-likeness (QED) is 0.0863. The van der Waals surface area contributed by atoms with E-state index < -0.39 is 0 Å². The zero-order valence-electron chi connectivity index (χ0n) is 20.7. The molecule has 3 aromatic carbocycles. The fourth-order valence-corrected chi connectivity index (χ4v) is 9.57. The van der Waals surface area contributed by atoms with Gasteiger partial charge in [0.25, 0.3) is 0 Å². The van der Waals surface area contributed by atoms with E-state index in [1.807, 2.05) is 11.3 Å². The van der Waals surface area contributed by atoms with Crippen LogP contribution in [0.5, 0.6) is 0 Å². The number of hydrogen-bond donors (Lipinski definition) is 0. The molecule has 35 heavy (non-hydrogen) atoms. The molecule has 0 nitrogen and oxygen atoms in total. The third-order valence-electron chi connectivity index (χ3n) is 7.61. The second-order valence-electron chi connectivity index (χ2n) is 10.3. The van der Waals surface area contributed by atoms with Crippen LogP contribution in [0.1, 0.15) is 74.7 Å². The van der Waals surface area contributed by atoms with Crippen molar-refractivity contribution in [2.45, 2.75) is 71.1 Å². The van der Waals surface area contributed by atoms with Gasteiger partial charge in [0.05, 0.1) is 0 Å². The van der Waals surface area contributed by atoms with Crippen molar-refractivity contribution in [3.8, 4) is 0 Å². The summed E-state index contributed by atoms with van der Waals surface area (Å²) in [6.07, 6.45) is 18.6. The van der Waals surface area contributed by atoms with E-state index in [4.69, 9.17) is 0 Å². The molecule has 2 heteroatoms. The Kier molecular flexibility index (Phi) is 7.16. The van der Waals surface area contributed by atoms with E-state index in [1.165, 1.54) is 101 Å². The topological polar surface area (TPSA) is 0 Å². The van der Waals surface area contributed by atoms with Crippen molar-refractivity contribution in [2.75, 3.05) is 0 Å². The Hall–Kier alpha value is -1.85. The van der Waals surface area contributed by atoms with Crippen LogP contribution in [0.25, 0.3) is 46.0 Å². The van der Waals surface area contributed by atoms with Crippen LogP contribution in [0.4, 0.5) is 0 Å². The molecule has 1 aliphatic carbocycles. The summed E-state index contributed by atoms with van der Waals surface area (Å²) in [5, 5.41) is 10.5. The molecule has 1 aliphatic rings. The van der Waals surface area contributed by atoms with Gasteiger partial charge in [-0.2, -0.15) is 0 Å². The molecular formula is C33H34STe. The van der Waals surface area contributed by atoms with Gasteiger partial charge in [0.1, 0.15) is 0 Å². The number of fused-ring (bicyclic) bond motifs is 4. The standard InChI is InChI=1S/C33H34STe/c1-2-3-4-5-6-7-8-9-10-23-11-12-25(15-23)32-22-30-19-27-17-26-16-24-13-14-34-31(24)20-28(26)18-29(27)21-33(30)35-32/h11-14,16-22H,2-10,15H2,1H3. The van der Waals surface area contributed by atoms with Crippen LogP contribution in [0.2, 0.25) is 0 Å². The Balaban J connectivity index is 1.12. The van der Waals surface area contributed by atoms with E-state index in [2.05, 4.69) is 73.0 Å². The predicted octanol–water partition coefficient (Wildman–Crippen LogP) is 10.7. The Morgan fingerprint density at radius 3 is 2.20 bits per heavy atom. The summed E-state index contributed by atoms with van der Waals surface area (Å²) in [5.41, 5.74) is 3.26. The molecule has 178 valence electrons. The number of rotatable bonds is 10. The summed E-state index contributed by atoms with van der Waals surface area (Å²) in [6, 6.07) is 19.2. The molecule has 6 rings (SSSR count). The first-order chi connectivity index (χ1) is 17.3. The number of hydrogen-bond acceptors (Lipinski definition) is 1. The van der Waals surface area contributed by atoms with Crippen molar-refractivity contribution in [1.29, 1.82) is 0 Å². The fourth-order valence-electron chi connectivity index (χ4n) is 5.56. The number of benzene rings is 3. The van der Waals surface area contributed by atoms with Crippen LogP contribution in [0.3, 0.4) is 0 Å². The molecule has 0 unspecified atom stereocenters. The third kappa shape index (κ3) is 5.17. The van der Waals surface area contributed by atoms with E-state index in [0.717, 1.165) is 0 Å². The summed E-state index contributed by atoms with van der Waals surface area (Å²) < 4.78 is 4.67. The van der Waals surface area contributed by atoms with Gasteiger partial charge in [0, 0.05) is 0 Å². The molecule has 2 heterocycles. The van der Waals surface area contributed by atoms with Crippen LogP contribution in [-0.4, -0.2) is 20.4 Å². The third-order valence-corrected chi connectivity index (χ3v) is 11.8. The second kappa shape index (κ2) is 10.6. The van der Waals surface area contributed by atoms with Crippen LogP contribution in [0, 0.1) is 0 Å². The predicted molar refractivity (Wildman–Crippen MR) is 159 cm³/mol. The first-order valence-corrected chi connectivity index (χ1v) is 16.7. The number of thiophene rings is 1.